The zero-order chi connectivity index (χ0) is 16.1. The lowest BCUT2D eigenvalue weighted by atomic mass is 10.1. The minimum absolute atomic E-state index is 0.0346. The molecule has 0 unspecified atom stereocenters. The molecular formula is C16H22N2O4. The number of Topliss-reactive ketones (excluding diaryl/α,β-unsaturated/α-hetero) is 1. The van der Waals surface area contributed by atoms with Gasteiger partial charge < -0.3 is 14.7 Å². The molecule has 6 heteroatoms. The molecule has 1 heterocycles. The van der Waals surface area contributed by atoms with Gasteiger partial charge in [-0.15, -0.1) is 0 Å². The van der Waals surface area contributed by atoms with Crippen LogP contribution < -0.4 is 9.64 Å². The lowest BCUT2D eigenvalue weighted by Crippen LogP contribution is -2.37. The van der Waals surface area contributed by atoms with Gasteiger partial charge in [-0.05, 0) is 31.3 Å². The molecule has 0 radical (unpaired) electrons. The highest BCUT2D eigenvalue weighted by Crippen LogP contribution is 2.32. The molecule has 0 atom stereocenters. The monoisotopic (exact) mass is 306 g/mol. The zero-order valence-electron chi connectivity index (χ0n) is 13.0. The smallest absolute Gasteiger partial charge is 0.323 e. The largest absolute Gasteiger partial charge is 0.490 e. The highest BCUT2D eigenvalue weighted by molar-refractivity contribution is 5.99. The topological polar surface area (TPSA) is 70.1 Å². The van der Waals surface area contributed by atoms with E-state index in [4.69, 9.17) is 9.84 Å². The van der Waals surface area contributed by atoms with Gasteiger partial charge in [0.1, 0.15) is 18.9 Å². The van der Waals surface area contributed by atoms with Gasteiger partial charge in [0, 0.05) is 5.56 Å². The minimum Gasteiger partial charge on any atom is -0.490 e. The van der Waals surface area contributed by atoms with Crippen molar-refractivity contribution in [1.29, 1.82) is 0 Å². The van der Waals surface area contributed by atoms with E-state index in [2.05, 4.69) is 0 Å². The first-order valence-electron chi connectivity index (χ1n) is 7.54. The van der Waals surface area contributed by atoms with Crippen molar-refractivity contribution in [3.8, 4) is 5.75 Å². The number of carbonyl (C=O) groups is 2. The van der Waals surface area contributed by atoms with Gasteiger partial charge >= 0.3 is 5.97 Å². The quantitative estimate of drug-likeness (QED) is 0.770. The molecule has 0 spiro atoms. The highest BCUT2D eigenvalue weighted by atomic mass is 16.5. The van der Waals surface area contributed by atoms with Crippen LogP contribution in [0.2, 0.25) is 0 Å². The van der Waals surface area contributed by atoms with Gasteiger partial charge in [0.2, 0.25) is 0 Å². The molecule has 1 N–H and O–H groups in total. The number of carboxylic acid groups (broad SMARTS) is 1. The van der Waals surface area contributed by atoms with Gasteiger partial charge in [-0.1, -0.05) is 13.8 Å². The number of ether oxygens (including phenoxy) is 1. The number of rotatable bonds is 7. The summed E-state index contributed by atoms with van der Waals surface area (Å²) in [4.78, 5) is 27.1. The van der Waals surface area contributed by atoms with Crippen molar-refractivity contribution in [3.63, 3.8) is 0 Å². The molecule has 0 aromatic heterocycles. The van der Waals surface area contributed by atoms with E-state index in [1.165, 1.54) is 0 Å². The normalized spacial score (nSPS) is 13.7. The second-order valence-corrected chi connectivity index (χ2v) is 5.23. The minimum atomic E-state index is -0.896. The van der Waals surface area contributed by atoms with Crippen molar-refractivity contribution in [2.24, 2.45) is 0 Å². The van der Waals surface area contributed by atoms with E-state index in [0.717, 1.165) is 13.1 Å². The Morgan fingerprint density at radius 2 is 2.05 bits per heavy atom. The Bertz CT molecular complexity index is 555. The summed E-state index contributed by atoms with van der Waals surface area (Å²) in [6.45, 7) is 6.91. The molecule has 0 amide bonds. The van der Waals surface area contributed by atoms with Crippen molar-refractivity contribution in [2.75, 3.05) is 44.2 Å². The first-order chi connectivity index (χ1) is 10.5. The third kappa shape index (κ3) is 3.76. The average molecular weight is 306 g/mol. The molecule has 0 aliphatic carbocycles. The van der Waals surface area contributed by atoms with Gasteiger partial charge in [0.15, 0.2) is 5.78 Å². The summed E-state index contributed by atoms with van der Waals surface area (Å²) < 4.78 is 5.54. The number of nitrogens with zero attached hydrogens (tertiary/aromatic N) is 2. The molecule has 120 valence electrons. The van der Waals surface area contributed by atoms with Gasteiger partial charge in [0.05, 0.1) is 18.8 Å². The summed E-state index contributed by atoms with van der Waals surface area (Å²) in [6, 6.07) is 5.23. The lowest BCUT2D eigenvalue weighted by molar-refractivity contribution is -0.135. The molecule has 1 aliphatic heterocycles. The number of anilines is 1. The number of carbonyl (C=O) groups excluding carboxylic acids is 1. The summed E-state index contributed by atoms with van der Waals surface area (Å²) >= 11 is 0. The Kier molecular flexibility index (Phi) is 5.38. The zero-order valence-corrected chi connectivity index (χ0v) is 13.0. The third-order valence-electron chi connectivity index (χ3n) is 3.83. The molecule has 0 saturated carbocycles. The predicted molar refractivity (Wildman–Crippen MR) is 83.9 cm³/mol. The fraction of sp³-hybridized carbons (Fsp3) is 0.500. The Morgan fingerprint density at radius 3 is 2.68 bits per heavy atom. The Hall–Kier alpha value is -2.08. The molecule has 6 nitrogen and oxygen atoms in total. The van der Waals surface area contributed by atoms with Crippen LogP contribution in [-0.4, -0.2) is 61.1 Å². The van der Waals surface area contributed by atoms with E-state index >= 15 is 0 Å². The predicted octanol–water partition coefficient (Wildman–Crippen LogP) is 1.49. The van der Waals surface area contributed by atoms with Gasteiger partial charge in [-0.3, -0.25) is 14.5 Å². The highest BCUT2D eigenvalue weighted by Gasteiger charge is 2.22. The van der Waals surface area contributed by atoms with Gasteiger partial charge in [-0.2, -0.15) is 0 Å². The van der Waals surface area contributed by atoms with Gasteiger partial charge in [0.25, 0.3) is 0 Å². The summed E-state index contributed by atoms with van der Waals surface area (Å²) in [5.41, 5.74) is 1.27. The lowest BCUT2D eigenvalue weighted by Gasteiger charge is -2.30. The number of hydrogen-bond acceptors (Lipinski definition) is 5. The van der Waals surface area contributed by atoms with Crippen LogP contribution in [0, 0.1) is 0 Å². The van der Waals surface area contributed by atoms with Crippen molar-refractivity contribution >= 4 is 17.4 Å². The second kappa shape index (κ2) is 7.26. The SMILES string of the molecule is CCN(CC)CC(=O)c1ccc2c(c1)N(CC(=O)O)CCO2. The molecule has 0 saturated heterocycles. The average Bonchev–Trinajstić information content (AvgIpc) is 2.51. The van der Waals surface area contributed by atoms with Crippen molar-refractivity contribution in [1.82, 2.24) is 4.90 Å². The molecule has 0 fully saturated rings. The Balaban J connectivity index is 2.21. The number of fused-ring (bicyclic) bond motifs is 1. The molecule has 1 aliphatic rings. The van der Waals surface area contributed by atoms with Crippen LogP contribution in [-0.2, 0) is 4.79 Å². The Morgan fingerprint density at radius 1 is 1.32 bits per heavy atom. The molecule has 1 aromatic rings. The number of hydrogen-bond donors (Lipinski definition) is 1. The second-order valence-electron chi connectivity index (χ2n) is 5.23. The van der Waals surface area contributed by atoms with E-state index in [9.17, 15) is 9.59 Å². The standard InChI is InChI=1S/C16H22N2O4/c1-3-17(4-2)10-14(19)12-5-6-15-13(9-12)18(7-8-22-15)11-16(20)21/h5-6,9H,3-4,7-8,10-11H2,1-2H3,(H,20,21). The third-order valence-corrected chi connectivity index (χ3v) is 3.83. The molecule has 2 rings (SSSR count). The van der Waals surface area contributed by atoms with Crippen molar-refractivity contribution in [2.45, 2.75) is 13.8 Å². The van der Waals surface area contributed by atoms with Crippen molar-refractivity contribution < 1.29 is 19.4 Å². The molecule has 22 heavy (non-hydrogen) atoms. The van der Waals surface area contributed by atoms with Crippen LogP contribution in [0.25, 0.3) is 0 Å². The van der Waals surface area contributed by atoms with E-state index in [1.54, 1.807) is 23.1 Å². The van der Waals surface area contributed by atoms with Crippen LogP contribution in [0.4, 0.5) is 5.69 Å². The maximum absolute atomic E-state index is 12.4. The van der Waals surface area contributed by atoms with Crippen molar-refractivity contribution in [3.05, 3.63) is 23.8 Å². The number of aliphatic carboxylic acids is 1. The number of ketones is 1. The molecule has 0 bridgehead atoms. The molecule has 1 aromatic carbocycles. The molecular weight excluding hydrogens is 284 g/mol. The van der Waals surface area contributed by atoms with E-state index in [0.29, 0.717) is 36.7 Å². The summed E-state index contributed by atoms with van der Waals surface area (Å²) in [5, 5.41) is 9.00. The van der Waals surface area contributed by atoms with E-state index in [-0.39, 0.29) is 12.3 Å². The van der Waals surface area contributed by atoms with E-state index in [1.807, 2.05) is 18.7 Å². The summed E-state index contributed by atoms with van der Waals surface area (Å²) in [5.74, 6) is -0.230. The fourth-order valence-corrected chi connectivity index (χ4v) is 2.52. The van der Waals surface area contributed by atoms with E-state index < -0.39 is 5.97 Å². The summed E-state index contributed by atoms with van der Waals surface area (Å²) in [6.07, 6.45) is 0. The van der Waals surface area contributed by atoms with Crippen LogP contribution in [0.1, 0.15) is 24.2 Å². The summed E-state index contributed by atoms with van der Waals surface area (Å²) in [7, 11) is 0. The van der Waals surface area contributed by atoms with Crippen LogP contribution >= 0.6 is 0 Å². The van der Waals surface area contributed by atoms with Crippen LogP contribution in [0.5, 0.6) is 5.75 Å². The maximum atomic E-state index is 12.4. The van der Waals surface area contributed by atoms with Gasteiger partial charge in [-0.25, -0.2) is 0 Å². The first-order valence-corrected chi connectivity index (χ1v) is 7.54. The number of likely N-dealkylation sites (N-methyl/N-ethyl adjacent to an activating group) is 1. The van der Waals surface area contributed by atoms with Crippen LogP contribution in [0.15, 0.2) is 18.2 Å². The Labute approximate surface area is 130 Å². The fourth-order valence-electron chi connectivity index (χ4n) is 2.52. The number of benzene rings is 1. The van der Waals surface area contributed by atoms with Crippen LogP contribution in [0.3, 0.4) is 0 Å². The first kappa shape index (κ1) is 16.3. The maximum Gasteiger partial charge on any atom is 0.323 e. The number of carboxylic acids is 1.